The molecule has 46 heavy (non-hydrogen) atoms. The fourth-order valence-corrected chi connectivity index (χ4v) is 7.63. The predicted octanol–water partition coefficient (Wildman–Crippen LogP) is 11.9. The first-order valence-corrected chi connectivity index (χ1v) is 15.9. The summed E-state index contributed by atoms with van der Waals surface area (Å²) in [5.41, 5.74) is 9.67. The van der Waals surface area contributed by atoms with Gasteiger partial charge in [0.1, 0.15) is 0 Å². The maximum atomic E-state index is 2.50. The maximum absolute atomic E-state index is 2.50. The molecule has 0 unspecified atom stereocenters. The molecule has 0 amide bonds. The summed E-state index contributed by atoms with van der Waals surface area (Å²) in [6.07, 6.45) is 0. The first kappa shape index (κ1) is 25.2. The third-order valence-electron chi connectivity index (χ3n) is 9.66. The van der Waals surface area contributed by atoms with Crippen LogP contribution in [0.25, 0.3) is 87.7 Å². The smallest absolute Gasteiger partial charge is 0.0618 e. The van der Waals surface area contributed by atoms with Crippen LogP contribution in [0.1, 0.15) is 0 Å². The Hall–Kier alpha value is -6.12. The summed E-state index contributed by atoms with van der Waals surface area (Å²) in [5.74, 6) is 0. The number of hydrogen-bond acceptors (Lipinski definition) is 0. The molecule has 10 aromatic rings. The molecule has 0 aliphatic carbocycles. The highest BCUT2D eigenvalue weighted by atomic mass is 15.0. The number of benzene rings is 8. The first-order valence-electron chi connectivity index (χ1n) is 15.9. The number of hydrogen-bond donors (Lipinski definition) is 0. The summed E-state index contributed by atoms with van der Waals surface area (Å²) >= 11 is 0. The molecule has 0 aliphatic heterocycles. The van der Waals surface area contributed by atoms with Crippen molar-refractivity contribution in [2.75, 3.05) is 0 Å². The van der Waals surface area contributed by atoms with Gasteiger partial charge in [0, 0.05) is 38.0 Å². The van der Waals surface area contributed by atoms with Gasteiger partial charge in [0.05, 0.1) is 27.8 Å². The quantitative estimate of drug-likeness (QED) is 0.183. The molecule has 0 spiro atoms. The van der Waals surface area contributed by atoms with E-state index < -0.39 is 0 Å². The van der Waals surface area contributed by atoms with Crippen LogP contribution in [-0.2, 0) is 0 Å². The Kier molecular flexibility index (Phi) is 5.31. The van der Waals surface area contributed by atoms with Gasteiger partial charge in [0.25, 0.3) is 0 Å². The Morgan fingerprint density at radius 1 is 0.283 bits per heavy atom. The molecule has 0 atom stereocenters. The predicted molar refractivity (Wildman–Crippen MR) is 196 cm³/mol. The molecule has 0 aliphatic rings. The molecule has 0 N–H and O–H groups in total. The van der Waals surface area contributed by atoms with Crippen LogP contribution in [0.3, 0.4) is 0 Å². The zero-order chi connectivity index (χ0) is 30.2. The van der Waals surface area contributed by atoms with Gasteiger partial charge >= 0.3 is 0 Å². The summed E-state index contributed by atoms with van der Waals surface area (Å²) in [4.78, 5) is 0. The highest BCUT2D eigenvalue weighted by Gasteiger charge is 2.18. The first-order chi connectivity index (χ1) is 22.8. The Morgan fingerprint density at radius 2 is 0.717 bits per heavy atom. The average molecular weight is 585 g/mol. The SMILES string of the molecule is c1ccc(-n2c3ccccc3c3ccc(-c4ccc5c6ccccc6n(-c6c7ccccc7cc7ccccc67)c5c4)cc32)cc1. The second-order valence-corrected chi connectivity index (χ2v) is 12.2. The monoisotopic (exact) mass is 584 g/mol. The molecule has 2 heteroatoms. The lowest BCUT2D eigenvalue weighted by Crippen LogP contribution is -1.97. The van der Waals surface area contributed by atoms with E-state index in [4.69, 9.17) is 0 Å². The van der Waals surface area contributed by atoms with Crippen molar-refractivity contribution in [1.29, 1.82) is 0 Å². The largest absolute Gasteiger partial charge is 0.309 e. The van der Waals surface area contributed by atoms with Crippen LogP contribution in [0.15, 0.2) is 170 Å². The van der Waals surface area contributed by atoms with Gasteiger partial charge in [-0.1, -0.05) is 127 Å². The second kappa shape index (κ2) is 9.69. The van der Waals surface area contributed by atoms with Crippen molar-refractivity contribution in [3.63, 3.8) is 0 Å². The number of fused-ring (bicyclic) bond motifs is 8. The third kappa shape index (κ3) is 3.59. The summed E-state index contributed by atoms with van der Waals surface area (Å²) in [6.45, 7) is 0. The molecule has 2 nitrogen and oxygen atoms in total. The molecule has 214 valence electrons. The Bertz CT molecular complexity index is 2740. The topological polar surface area (TPSA) is 9.86 Å². The van der Waals surface area contributed by atoms with Crippen molar-refractivity contribution in [1.82, 2.24) is 9.13 Å². The molecule has 2 aromatic heterocycles. The molecule has 0 bridgehead atoms. The van der Waals surface area contributed by atoms with E-state index in [0.29, 0.717) is 0 Å². The third-order valence-corrected chi connectivity index (χ3v) is 9.66. The van der Waals surface area contributed by atoms with Crippen molar-refractivity contribution in [3.05, 3.63) is 170 Å². The van der Waals surface area contributed by atoms with E-state index in [2.05, 4.69) is 179 Å². The summed E-state index contributed by atoms with van der Waals surface area (Å²) in [5, 5.41) is 10.1. The van der Waals surface area contributed by atoms with Gasteiger partial charge in [0.2, 0.25) is 0 Å². The van der Waals surface area contributed by atoms with Crippen LogP contribution in [0.4, 0.5) is 0 Å². The summed E-state index contributed by atoms with van der Waals surface area (Å²) < 4.78 is 4.89. The van der Waals surface area contributed by atoms with Gasteiger partial charge in [-0.25, -0.2) is 0 Å². The van der Waals surface area contributed by atoms with Crippen LogP contribution in [0, 0.1) is 0 Å². The minimum atomic E-state index is 1.17. The minimum absolute atomic E-state index is 1.17. The van der Waals surface area contributed by atoms with E-state index in [1.807, 2.05) is 0 Å². The molecule has 0 fully saturated rings. The van der Waals surface area contributed by atoms with Gasteiger partial charge in [-0.3, -0.25) is 0 Å². The van der Waals surface area contributed by atoms with Crippen LogP contribution < -0.4 is 0 Å². The lowest BCUT2D eigenvalue weighted by Gasteiger charge is -2.16. The molecular formula is C44H28N2. The average Bonchev–Trinajstić information content (AvgIpc) is 3.63. The van der Waals surface area contributed by atoms with E-state index in [-0.39, 0.29) is 0 Å². The zero-order valence-corrected chi connectivity index (χ0v) is 25.1. The number of aromatic nitrogens is 2. The number of para-hydroxylation sites is 3. The number of rotatable bonds is 3. The van der Waals surface area contributed by atoms with Gasteiger partial charge in [-0.15, -0.1) is 0 Å². The van der Waals surface area contributed by atoms with E-state index in [9.17, 15) is 0 Å². The Labute approximate surface area is 266 Å². The molecule has 2 heterocycles. The lowest BCUT2D eigenvalue weighted by atomic mass is 10.00. The van der Waals surface area contributed by atoms with E-state index >= 15 is 0 Å². The maximum Gasteiger partial charge on any atom is 0.0618 e. The zero-order valence-electron chi connectivity index (χ0n) is 25.1. The fourth-order valence-electron chi connectivity index (χ4n) is 7.63. The van der Waals surface area contributed by atoms with Crippen LogP contribution in [0.2, 0.25) is 0 Å². The van der Waals surface area contributed by atoms with Gasteiger partial charge in [-0.05, 0) is 64.4 Å². The lowest BCUT2D eigenvalue weighted by molar-refractivity contribution is 1.18. The van der Waals surface area contributed by atoms with Crippen molar-refractivity contribution < 1.29 is 0 Å². The van der Waals surface area contributed by atoms with E-state index in [1.54, 1.807) is 0 Å². The standard InChI is InChI=1S/C44H28N2/c1-2-14-33(15-3-1)45-40-20-10-8-18-36(40)38-24-22-29(27-42(38)45)30-23-25-39-37-19-9-11-21-41(37)46(43(39)28-30)44-34-16-6-4-12-31(34)26-32-13-5-7-17-35(32)44/h1-28H. The Morgan fingerprint density at radius 3 is 1.30 bits per heavy atom. The fraction of sp³-hybridized carbons (Fsp3) is 0. The summed E-state index contributed by atoms with van der Waals surface area (Å²) in [6, 6.07) is 62.0. The van der Waals surface area contributed by atoms with Crippen molar-refractivity contribution in [3.8, 4) is 22.5 Å². The van der Waals surface area contributed by atoms with Crippen LogP contribution in [-0.4, -0.2) is 9.13 Å². The molecule has 0 radical (unpaired) electrons. The highest BCUT2D eigenvalue weighted by molar-refractivity contribution is 6.16. The minimum Gasteiger partial charge on any atom is -0.309 e. The second-order valence-electron chi connectivity index (χ2n) is 12.2. The van der Waals surface area contributed by atoms with E-state index in [0.717, 1.165) is 0 Å². The molecular weight excluding hydrogens is 556 g/mol. The molecule has 0 saturated heterocycles. The van der Waals surface area contributed by atoms with E-state index in [1.165, 1.54) is 87.7 Å². The Balaban J connectivity index is 1.28. The summed E-state index contributed by atoms with van der Waals surface area (Å²) in [7, 11) is 0. The van der Waals surface area contributed by atoms with Gasteiger partial charge < -0.3 is 9.13 Å². The van der Waals surface area contributed by atoms with Crippen molar-refractivity contribution >= 4 is 65.2 Å². The molecule has 10 rings (SSSR count). The van der Waals surface area contributed by atoms with Gasteiger partial charge in [-0.2, -0.15) is 0 Å². The molecule has 8 aromatic carbocycles. The molecule has 0 saturated carbocycles. The van der Waals surface area contributed by atoms with Crippen LogP contribution >= 0.6 is 0 Å². The van der Waals surface area contributed by atoms with Crippen molar-refractivity contribution in [2.45, 2.75) is 0 Å². The van der Waals surface area contributed by atoms with Gasteiger partial charge in [0.15, 0.2) is 0 Å². The van der Waals surface area contributed by atoms with Crippen molar-refractivity contribution in [2.24, 2.45) is 0 Å². The highest BCUT2D eigenvalue weighted by Crippen LogP contribution is 2.41. The van der Waals surface area contributed by atoms with Crippen LogP contribution in [0.5, 0.6) is 0 Å². The normalized spacial score (nSPS) is 11.9. The number of nitrogens with zero attached hydrogens (tertiary/aromatic N) is 2.